The Morgan fingerprint density at radius 1 is 1.32 bits per heavy atom. The van der Waals surface area contributed by atoms with Crippen LogP contribution < -0.4 is 9.47 Å². The molecule has 3 aromatic rings. The SMILES string of the molecule is [2H]C([2H])([2H])Oc1cc2c(cc1OCC)[C@H](CCc1c[nH]c3ccccc13)N(C=O)CC2. The number of amides is 1. The molecule has 0 fully saturated rings. The molecule has 28 heavy (non-hydrogen) atoms. The van der Waals surface area contributed by atoms with Crippen LogP contribution in [0.5, 0.6) is 11.5 Å². The summed E-state index contributed by atoms with van der Waals surface area (Å²) in [6, 6.07) is 11.7. The molecular weight excluding hydrogens is 352 g/mol. The first-order chi connectivity index (χ1) is 14.9. The van der Waals surface area contributed by atoms with Crippen LogP contribution in [0.1, 0.15) is 40.2 Å². The van der Waals surface area contributed by atoms with Crippen molar-refractivity contribution < 1.29 is 18.4 Å². The van der Waals surface area contributed by atoms with Crippen molar-refractivity contribution in [3.8, 4) is 11.5 Å². The van der Waals surface area contributed by atoms with Gasteiger partial charge in [-0.3, -0.25) is 4.79 Å². The van der Waals surface area contributed by atoms with Gasteiger partial charge in [-0.1, -0.05) is 18.2 Å². The highest BCUT2D eigenvalue weighted by molar-refractivity contribution is 5.83. The minimum absolute atomic E-state index is 0.115. The molecule has 4 rings (SSSR count). The average molecular weight is 381 g/mol. The van der Waals surface area contributed by atoms with E-state index >= 15 is 0 Å². The third-order valence-electron chi connectivity index (χ3n) is 5.51. The number of hydrogen-bond donors (Lipinski definition) is 1. The van der Waals surface area contributed by atoms with Crippen molar-refractivity contribution in [1.29, 1.82) is 0 Å². The second-order valence-electron chi connectivity index (χ2n) is 7.04. The van der Waals surface area contributed by atoms with Gasteiger partial charge in [-0.25, -0.2) is 0 Å². The molecule has 1 aromatic heterocycles. The zero-order chi connectivity index (χ0) is 22.0. The molecule has 0 saturated heterocycles. The maximum absolute atomic E-state index is 11.8. The number of ether oxygens (including phenoxy) is 2. The van der Waals surface area contributed by atoms with Gasteiger partial charge in [-0.05, 0) is 61.1 Å². The van der Waals surface area contributed by atoms with Crippen LogP contribution in [0.3, 0.4) is 0 Å². The number of aromatic amines is 1. The van der Waals surface area contributed by atoms with Crippen LogP contribution >= 0.6 is 0 Å². The average Bonchev–Trinajstić information content (AvgIpc) is 3.14. The number of rotatable bonds is 7. The lowest BCUT2D eigenvalue weighted by molar-refractivity contribution is -0.120. The minimum atomic E-state index is -2.56. The van der Waals surface area contributed by atoms with Crippen LogP contribution in [0.15, 0.2) is 42.6 Å². The Morgan fingerprint density at radius 3 is 3.04 bits per heavy atom. The highest BCUT2D eigenvalue weighted by Crippen LogP contribution is 2.39. The van der Waals surface area contributed by atoms with E-state index < -0.39 is 7.04 Å². The molecule has 5 heteroatoms. The molecule has 5 nitrogen and oxygen atoms in total. The fourth-order valence-corrected chi connectivity index (χ4v) is 4.15. The van der Waals surface area contributed by atoms with Crippen molar-refractivity contribution in [3.05, 3.63) is 59.3 Å². The molecule has 0 bridgehead atoms. The summed E-state index contributed by atoms with van der Waals surface area (Å²) >= 11 is 0. The number of aryl methyl sites for hydroxylation is 1. The van der Waals surface area contributed by atoms with Gasteiger partial charge in [0.05, 0.1) is 23.8 Å². The molecule has 0 saturated carbocycles. The molecule has 1 atom stereocenters. The number of H-pyrrole nitrogens is 1. The topological polar surface area (TPSA) is 54.6 Å². The molecule has 0 aliphatic carbocycles. The van der Waals surface area contributed by atoms with Crippen molar-refractivity contribution in [2.24, 2.45) is 0 Å². The first-order valence-corrected chi connectivity index (χ1v) is 9.64. The van der Waals surface area contributed by atoms with E-state index in [0.29, 0.717) is 25.3 Å². The van der Waals surface area contributed by atoms with E-state index in [1.165, 1.54) is 10.9 Å². The van der Waals surface area contributed by atoms with Gasteiger partial charge < -0.3 is 19.4 Å². The molecule has 0 radical (unpaired) electrons. The quantitative estimate of drug-likeness (QED) is 0.622. The Bertz CT molecular complexity index is 1080. The number of carbonyl (C=O) groups excluding carboxylic acids is 1. The molecule has 1 amide bonds. The van der Waals surface area contributed by atoms with Crippen molar-refractivity contribution in [2.45, 2.75) is 32.2 Å². The standard InChI is InChI=1S/C23H26N2O3/c1-3-28-23-13-19-16(12-22(23)27-2)10-11-25(15-26)21(19)9-8-17-14-24-20-7-5-4-6-18(17)20/h4-7,12-15,21,24H,3,8-11H2,1-2H3/t21-/m0/s1/i2D3. The maximum atomic E-state index is 11.8. The Morgan fingerprint density at radius 2 is 2.21 bits per heavy atom. The number of hydrogen-bond acceptors (Lipinski definition) is 3. The summed E-state index contributed by atoms with van der Waals surface area (Å²) in [5, 5.41) is 1.19. The number of fused-ring (bicyclic) bond motifs is 2. The molecule has 1 aliphatic heterocycles. The second kappa shape index (κ2) is 7.97. The monoisotopic (exact) mass is 381 g/mol. The predicted molar refractivity (Wildman–Crippen MR) is 110 cm³/mol. The van der Waals surface area contributed by atoms with Gasteiger partial charge in [0, 0.05) is 23.6 Å². The van der Waals surface area contributed by atoms with Crippen molar-refractivity contribution in [2.75, 3.05) is 20.2 Å². The van der Waals surface area contributed by atoms with E-state index in [-0.39, 0.29) is 11.8 Å². The van der Waals surface area contributed by atoms with E-state index in [2.05, 4.69) is 11.1 Å². The van der Waals surface area contributed by atoms with Gasteiger partial charge in [0.2, 0.25) is 6.41 Å². The van der Waals surface area contributed by atoms with Crippen LogP contribution in [0.25, 0.3) is 10.9 Å². The third kappa shape index (κ3) is 3.33. The molecule has 2 heterocycles. The first-order valence-electron chi connectivity index (χ1n) is 11.1. The van der Waals surface area contributed by atoms with Crippen molar-refractivity contribution in [3.63, 3.8) is 0 Å². The van der Waals surface area contributed by atoms with Gasteiger partial charge in [-0.15, -0.1) is 0 Å². The van der Waals surface area contributed by atoms with Crippen LogP contribution in [-0.2, 0) is 17.6 Å². The summed E-state index contributed by atoms with van der Waals surface area (Å²) in [6.45, 7) is 2.80. The summed E-state index contributed by atoms with van der Waals surface area (Å²) in [5.74, 6) is 0.609. The van der Waals surface area contributed by atoms with E-state index in [4.69, 9.17) is 13.6 Å². The summed E-state index contributed by atoms with van der Waals surface area (Å²) in [6.07, 6.45) is 5.12. The summed E-state index contributed by atoms with van der Waals surface area (Å²) in [7, 11) is -2.56. The molecular formula is C23H26N2O3. The lowest BCUT2D eigenvalue weighted by Gasteiger charge is -2.35. The Balaban J connectivity index is 1.66. The predicted octanol–water partition coefficient (Wildman–Crippen LogP) is 4.26. The fraction of sp³-hybridized carbons (Fsp3) is 0.348. The lowest BCUT2D eigenvalue weighted by atomic mass is 9.88. The van der Waals surface area contributed by atoms with E-state index in [0.717, 1.165) is 35.9 Å². The molecule has 0 unspecified atom stereocenters. The van der Waals surface area contributed by atoms with Gasteiger partial charge >= 0.3 is 0 Å². The number of methoxy groups -OCH3 is 1. The number of aromatic nitrogens is 1. The number of benzene rings is 2. The summed E-state index contributed by atoms with van der Waals surface area (Å²) < 4.78 is 33.2. The molecule has 2 aromatic carbocycles. The Labute approximate surface area is 169 Å². The molecule has 146 valence electrons. The normalized spacial score (nSPS) is 18.1. The van der Waals surface area contributed by atoms with Gasteiger partial charge in [-0.2, -0.15) is 0 Å². The number of nitrogens with zero attached hydrogens (tertiary/aromatic N) is 1. The van der Waals surface area contributed by atoms with Crippen molar-refractivity contribution in [1.82, 2.24) is 9.88 Å². The zero-order valence-corrected chi connectivity index (χ0v) is 15.9. The zero-order valence-electron chi connectivity index (χ0n) is 18.9. The Hall–Kier alpha value is -2.95. The maximum Gasteiger partial charge on any atom is 0.210 e. The largest absolute Gasteiger partial charge is 0.493 e. The lowest BCUT2D eigenvalue weighted by Crippen LogP contribution is -2.34. The number of nitrogens with one attached hydrogen (secondary N) is 1. The Kier molecular flexibility index (Phi) is 4.28. The first kappa shape index (κ1) is 15.0. The second-order valence-corrected chi connectivity index (χ2v) is 7.04. The summed E-state index contributed by atoms with van der Waals surface area (Å²) in [5.41, 5.74) is 4.28. The fourth-order valence-electron chi connectivity index (χ4n) is 4.15. The number of carbonyl (C=O) groups is 1. The van der Waals surface area contributed by atoms with Crippen molar-refractivity contribution >= 4 is 17.3 Å². The highest BCUT2D eigenvalue weighted by atomic mass is 16.5. The third-order valence-corrected chi connectivity index (χ3v) is 5.51. The number of para-hydroxylation sites is 1. The van der Waals surface area contributed by atoms with Crippen LogP contribution in [0.2, 0.25) is 0 Å². The highest BCUT2D eigenvalue weighted by Gasteiger charge is 2.28. The van der Waals surface area contributed by atoms with Gasteiger partial charge in [0.1, 0.15) is 0 Å². The smallest absolute Gasteiger partial charge is 0.210 e. The molecule has 1 N–H and O–H groups in total. The molecule has 1 aliphatic rings. The van der Waals surface area contributed by atoms with E-state index in [9.17, 15) is 4.79 Å². The van der Waals surface area contributed by atoms with Crippen LogP contribution in [0, 0.1) is 0 Å². The van der Waals surface area contributed by atoms with Crippen LogP contribution in [0.4, 0.5) is 0 Å². The molecule has 0 spiro atoms. The van der Waals surface area contributed by atoms with E-state index in [1.54, 1.807) is 6.07 Å². The van der Waals surface area contributed by atoms with E-state index in [1.807, 2.05) is 42.3 Å². The van der Waals surface area contributed by atoms with Gasteiger partial charge in [0.25, 0.3) is 0 Å². The van der Waals surface area contributed by atoms with Crippen LogP contribution in [-0.4, -0.2) is 36.5 Å². The summed E-state index contributed by atoms with van der Waals surface area (Å²) in [4.78, 5) is 16.9. The van der Waals surface area contributed by atoms with Gasteiger partial charge in [0.15, 0.2) is 11.5 Å². The minimum Gasteiger partial charge on any atom is -0.493 e.